The predicted octanol–water partition coefficient (Wildman–Crippen LogP) is 3.48. The Hall–Kier alpha value is -3.70. The number of esters is 1. The van der Waals surface area contributed by atoms with Crippen LogP contribution in [0.25, 0.3) is 11.8 Å². The number of anilines is 1. The number of para-hydroxylation sites is 2. The number of hydrogen-bond acceptors (Lipinski definition) is 6. The number of nitrogens with one attached hydrogen (secondary N) is 2. The fraction of sp³-hybridized carbons (Fsp3) is 0.0556. The third kappa shape index (κ3) is 4.40. The molecule has 0 aliphatic carbocycles. The van der Waals surface area contributed by atoms with Crippen LogP contribution in [0.4, 0.5) is 11.4 Å². The largest absolute Gasteiger partial charge is 0.466 e. The monoisotopic (exact) mass is 337 g/mol. The molecule has 7 heteroatoms. The number of rotatable bonds is 6. The van der Waals surface area contributed by atoms with Crippen LogP contribution in [0.3, 0.4) is 0 Å². The first kappa shape index (κ1) is 17.7. The van der Waals surface area contributed by atoms with Crippen LogP contribution in [-0.2, 0) is 9.53 Å². The molecule has 0 saturated carbocycles. The summed E-state index contributed by atoms with van der Waals surface area (Å²) < 4.78 is 4.56. The van der Waals surface area contributed by atoms with Gasteiger partial charge in [0.1, 0.15) is 5.70 Å². The molecule has 2 N–H and O–H groups in total. The number of nitro benzene ring substituents is 1. The van der Waals surface area contributed by atoms with Crippen molar-refractivity contribution in [1.29, 1.82) is 5.41 Å². The van der Waals surface area contributed by atoms with Gasteiger partial charge in [-0.2, -0.15) is 0 Å². The lowest BCUT2D eigenvalue weighted by atomic mass is 10.1. The normalized spacial score (nSPS) is 10.1. The van der Waals surface area contributed by atoms with Gasteiger partial charge in [0.15, 0.2) is 0 Å². The molecular weight excluding hydrogens is 322 g/mol. The topological polar surface area (TPSA) is 105 Å². The molecule has 0 bridgehead atoms. The summed E-state index contributed by atoms with van der Waals surface area (Å²) in [5.74, 6) is 1.70. The van der Waals surface area contributed by atoms with Gasteiger partial charge in [0, 0.05) is 23.7 Å². The molecule has 0 unspecified atom stereocenters. The quantitative estimate of drug-likeness (QED) is 0.276. The lowest BCUT2D eigenvalue weighted by Crippen LogP contribution is -2.04. The Labute approximate surface area is 143 Å². The zero-order chi connectivity index (χ0) is 18.2. The number of benzene rings is 2. The maximum absolute atomic E-state index is 11.3. The Morgan fingerprint density at radius 3 is 2.60 bits per heavy atom. The Morgan fingerprint density at radius 2 is 1.92 bits per heavy atom. The second-order valence-corrected chi connectivity index (χ2v) is 4.84. The summed E-state index contributed by atoms with van der Waals surface area (Å²) in [6, 6.07) is 13.1. The molecule has 25 heavy (non-hydrogen) atoms. The van der Waals surface area contributed by atoms with Crippen LogP contribution >= 0.6 is 0 Å². The molecule has 0 aliphatic rings. The van der Waals surface area contributed by atoms with Gasteiger partial charge in [0.25, 0.3) is 5.69 Å². The molecule has 0 aliphatic heterocycles. The summed E-state index contributed by atoms with van der Waals surface area (Å²) in [7, 11) is 1.28. The summed E-state index contributed by atoms with van der Waals surface area (Å²) in [5.41, 5.74) is 1.47. The molecule has 2 aromatic rings. The van der Waals surface area contributed by atoms with Crippen LogP contribution in [-0.4, -0.2) is 23.9 Å². The van der Waals surface area contributed by atoms with Crippen molar-refractivity contribution >= 4 is 35.0 Å². The van der Waals surface area contributed by atoms with Gasteiger partial charge in [-0.15, -0.1) is 0 Å². The van der Waals surface area contributed by atoms with Gasteiger partial charge in [-0.25, -0.2) is 4.79 Å². The van der Waals surface area contributed by atoms with Gasteiger partial charge in [0.2, 0.25) is 0 Å². The first-order chi connectivity index (χ1) is 12.1. The zero-order valence-corrected chi connectivity index (χ0v) is 13.4. The highest BCUT2D eigenvalue weighted by Crippen LogP contribution is 2.27. The summed E-state index contributed by atoms with van der Waals surface area (Å²) in [5, 5.41) is 21.6. The first-order valence-electron chi connectivity index (χ1n) is 7.22. The van der Waals surface area contributed by atoms with Gasteiger partial charge in [-0.1, -0.05) is 30.3 Å². The fourth-order valence-corrected chi connectivity index (χ4v) is 2.13. The molecule has 0 spiro atoms. The van der Waals surface area contributed by atoms with Crippen molar-refractivity contribution in [3.8, 4) is 0 Å². The van der Waals surface area contributed by atoms with E-state index in [2.05, 4.69) is 15.9 Å². The van der Waals surface area contributed by atoms with E-state index < -0.39 is 10.9 Å². The summed E-state index contributed by atoms with van der Waals surface area (Å²) in [6.45, 7) is 0. The number of carbonyl (C=O) groups excluding carboxylic acids is 1. The average molecular weight is 337 g/mol. The highest BCUT2D eigenvalue weighted by molar-refractivity contribution is 5.98. The molecule has 0 fully saturated rings. The molecule has 2 rings (SSSR count). The Kier molecular flexibility index (Phi) is 5.81. The van der Waals surface area contributed by atoms with Crippen molar-refractivity contribution in [2.75, 3.05) is 12.4 Å². The molecule has 0 atom stereocenters. The van der Waals surface area contributed by atoms with E-state index in [1.165, 1.54) is 25.3 Å². The fourth-order valence-electron chi connectivity index (χ4n) is 2.13. The second kappa shape index (κ2) is 8.24. The van der Waals surface area contributed by atoms with E-state index in [0.29, 0.717) is 11.3 Å². The molecule has 0 heterocycles. The van der Waals surface area contributed by atoms with Crippen molar-refractivity contribution in [2.24, 2.45) is 0 Å². The zero-order valence-electron chi connectivity index (χ0n) is 13.4. The number of ether oxygens (including phenoxy) is 1. The van der Waals surface area contributed by atoms with E-state index in [1.807, 2.05) is 0 Å². The standard InChI is InChI=1S/C18H15N3O4/c1-25-18(22)11-10-13-6-2-4-8-15(13)20-16(12-19)14-7-3-5-9-17(14)21(23)24/h2-11,19-20H,1H3/b11-10+. The molecule has 0 radical (unpaired) electrons. The lowest BCUT2D eigenvalue weighted by molar-refractivity contribution is -0.385. The summed E-state index contributed by atoms with van der Waals surface area (Å²) in [4.78, 5) is 21.9. The minimum Gasteiger partial charge on any atom is -0.466 e. The van der Waals surface area contributed by atoms with Gasteiger partial charge >= 0.3 is 5.97 Å². The van der Waals surface area contributed by atoms with Crippen molar-refractivity contribution in [3.05, 3.63) is 75.8 Å². The number of methoxy groups -OCH3 is 1. The first-order valence-corrected chi connectivity index (χ1v) is 7.22. The van der Waals surface area contributed by atoms with Gasteiger partial charge in [-0.3, -0.25) is 15.5 Å². The van der Waals surface area contributed by atoms with Crippen LogP contribution in [0.2, 0.25) is 0 Å². The molecular formula is C18H15N3O4. The van der Waals surface area contributed by atoms with E-state index in [-0.39, 0.29) is 16.9 Å². The van der Waals surface area contributed by atoms with Crippen LogP contribution in [0.5, 0.6) is 0 Å². The highest BCUT2D eigenvalue weighted by atomic mass is 16.6. The van der Waals surface area contributed by atoms with Crippen LogP contribution in [0.1, 0.15) is 11.1 Å². The Morgan fingerprint density at radius 1 is 1.24 bits per heavy atom. The number of hydrogen-bond donors (Lipinski definition) is 2. The number of nitro groups is 1. The van der Waals surface area contributed by atoms with Crippen molar-refractivity contribution < 1.29 is 14.5 Å². The lowest BCUT2D eigenvalue weighted by Gasteiger charge is -2.11. The van der Waals surface area contributed by atoms with E-state index >= 15 is 0 Å². The van der Waals surface area contributed by atoms with Gasteiger partial charge < -0.3 is 10.1 Å². The van der Waals surface area contributed by atoms with Crippen LogP contribution in [0, 0.1) is 15.5 Å². The van der Waals surface area contributed by atoms with Crippen LogP contribution in [0.15, 0.2) is 54.6 Å². The maximum atomic E-state index is 11.3. The van der Waals surface area contributed by atoms with E-state index in [1.54, 1.807) is 42.5 Å². The molecule has 2 aromatic carbocycles. The van der Waals surface area contributed by atoms with Crippen LogP contribution < -0.4 is 5.32 Å². The number of nitrogens with zero attached hydrogens (tertiary/aromatic N) is 1. The highest BCUT2D eigenvalue weighted by Gasteiger charge is 2.17. The number of carbonyl (C=O) groups is 1. The molecule has 0 amide bonds. The molecule has 0 saturated heterocycles. The molecule has 126 valence electrons. The smallest absolute Gasteiger partial charge is 0.330 e. The third-order valence-corrected chi connectivity index (χ3v) is 3.32. The van der Waals surface area contributed by atoms with E-state index in [0.717, 1.165) is 0 Å². The summed E-state index contributed by atoms with van der Waals surface area (Å²) in [6.07, 6.45) is 2.81. The minimum atomic E-state index is -0.516. The van der Waals surface area contributed by atoms with Gasteiger partial charge in [0.05, 0.1) is 17.6 Å². The third-order valence-electron chi connectivity index (χ3n) is 3.32. The Balaban J connectivity index is 2.39. The summed E-state index contributed by atoms with van der Waals surface area (Å²) >= 11 is 0. The maximum Gasteiger partial charge on any atom is 0.330 e. The van der Waals surface area contributed by atoms with Crippen molar-refractivity contribution in [1.82, 2.24) is 0 Å². The average Bonchev–Trinajstić information content (AvgIpc) is 2.64. The van der Waals surface area contributed by atoms with E-state index in [4.69, 9.17) is 5.41 Å². The van der Waals surface area contributed by atoms with Gasteiger partial charge in [-0.05, 0) is 23.8 Å². The van der Waals surface area contributed by atoms with Crippen molar-refractivity contribution in [2.45, 2.75) is 0 Å². The van der Waals surface area contributed by atoms with Crippen molar-refractivity contribution in [3.63, 3.8) is 0 Å². The molecule has 0 aromatic heterocycles. The minimum absolute atomic E-state index is 0.132. The predicted molar refractivity (Wildman–Crippen MR) is 95.3 cm³/mol. The van der Waals surface area contributed by atoms with E-state index in [9.17, 15) is 14.9 Å². The molecule has 7 nitrogen and oxygen atoms in total. The Bertz CT molecular complexity index is 883. The SMILES string of the molecule is COC(=O)/C=C/c1ccccc1NC(=C=N)c1ccccc1[N+](=O)[O-]. The second-order valence-electron chi connectivity index (χ2n) is 4.84.